The summed E-state index contributed by atoms with van der Waals surface area (Å²) in [6, 6.07) is 8.22. The Morgan fingerprint density at radius 2 is 2.33 bits per heavy atom. The number of aryl methyl sites for hydroxylation is 1. The number of nitrogens with two attached hydrogens (primary N) is 1. The number of carbonyl (C=O) groups excluding carboxylic acids is 1. The number of carbonyl (C=O) groups is 1. The third-order valence-corrected chi connectivity index (χ3v) is 2.47. The molecule has 0 unspecified atom stereocenters. The van der Waals surface area contributed by atoms with Crippen LogP contribution in [0.15, 0.2) is 40.0 Å². The number of anilines is 1. The Labute approximate surface area is 120 Å². The molecule has 8 nitrogen and oxygen atoms in total. The van der Waals surface area contributed by atoms with Crippen LogP contribution < -0.4 is 15.8 Å². The number of benzene rings is 1. The summed E-state index contributed by atoms with van der Waals surface area (Å²) in [7, 11) is 0. The molecule has 1 aromatic heterocycles. The summed E-state index contributed by atoms with van der Waals surface area (Å²) in [5.74, 6) is 0.578. The molecule has 1 heterocycles. The van der Waals surface area contributed by atoms with Crippen molar-refractivity contribution in [3.8, 4) is 5.75 Å². The zero-order valence-electron chi connectivity index (χ0n) is 11.2. The highest BCUT2D eigenvalue weighted by molar-refractivity contribution is 6.02. The van der Waals surface area contributed by atoms with Gasteiger partial charge < -0.3 is 25.5 Å². The van der Waals surface area contributed by atoms with Gasteiger partial charge in [-0.25, -0.2) is 0 Å². The monoisotopic (exact) mass is 290 g/mol. The lowest BCUT2D eigenvalue weighted by atomic mass is 10.3. The highest BCUT2D eigenvalue weighted by Crippen LogP contribution is 2.18. The van der Waals surface area contributed by atoms with E-state index in [0.29, 0.717) is 17.2 Å². The zero-order chi connectivity index (χ0) is 15.2. The molecule has 0 saturated heterocycles. The van der Waals surface area contributed by atoms with E-state index in [9.17, 15) is 4.79 Å². The second kappa shape index (κ2) is 6.42. The number of hydrogen-bond donors (Lipinski definition) is 3. The number of ether oxygens (including phenoxy) is 1. The van der Waals surface area contributed by atoms with Crippen molar-refractivity contribution < 1.29 is 19.3 Å². The minimum Gasteiger partial charge on any atom is -0.485 e. The van der Waals surface area contributed by atoms with Gasteiger partial charge >= 0.3 is 0 Å². The first-order chi connectivity index (χ1) is 10.1. The quantitative estimate of drug-likeness (QED) is 0.330. The number of nitrogens with zero attached hydrogens (tertiary/aromatic N) is 2. The Balaban J connectivity index is 2.02. The molecule has 0 aliphatic carbocycles. The highest BCUT2D eigenvalue weighted by atomic mass is 16.5. The summed E-state index contributed by atoms with van der Waals surface area (Å²) in [5.41, 5.74) is 6.02. The lowest BCUT2D eigenvalue weighted by Crippen LogP contribution is -2.20. The fourth-order valence-electron chi connectivity index (χ4n) is 1.52. The smallest absolute Gasteiger partial charge is 0.277 e. The van der Waals surface area contributed by atoms with E-state index in [1.54, 1.807) is 31.2 Å². The molecule has 2 rings (SSSR count). The van der Waals surface area contributed by atoms with Crippen molar-refractivity contribution in [3.63, 3.8) is 0 Å². The molecule has 0 spiro atoms. The molecule has 0 saturated carbocycles. The molecule has 0 radical (unpaired) electrons. The molecule has 4 N–H and O–H groups in total. The van der Waals surface area contributed by atoms with E-state index in [0.717, 1.165) is 0 Å². The van der Waals surface area contributed by atoms with Crippen LogP contribution in [0.25, 0.3) is 0 Å². The van der Waals surface area contributed by atoms with Gasteiger partial charge in [-0.3, -0.25) is 4.79 Å². The summed E-state index contributed by atoms with van der Waals surface area (Å²) in [6.07, 6.45) is 0. The number of hydrogen-bond acceptors (Lipinski definition) is 6. The topological polar surface area (TPSA) is 123 Å². The van der Waals surface area contributed by atoms with Gasteiger partial charge in [0.25, 0.3) is 5.91 Å². The summed E-state index contributed by atoms with van der Waals surface area (Å²) >= 11 is 0. The van der Waals surface area contributed by atoms with Gasteiger partial charge in [-0.2, -0.15) is 0 Å². The van der Waals surface area contributed by atoms with Crippen molar-refractivity contribution >= 4 is 17.4 Å². The number of amides is 1. The molecular formula is C13H14N4O4. The average Bonchev–Trinajstić information content (AvgIpc) is 2.92. The first kappa shape index (κ1) is 14.4. The average molecular weight is 290 g/mol. The molecule has 1 aromatic carbocycles. The fourth-order valence-corrected chi connectivity index (χ4v) is 1.52. The van der Waals surface area contributed by atoms with Crippen LogP contribution in [0.3, 0.4) is 0 Å². The van der Waals surface area contributed by atoms with E-state index in [4.69, 9.17) is 20.2 Å². The van der Waals surface area contributed by atoms with E-state index < -0.39 is 0 Å². The van der Waals surface area contributed by atoms with Gasteiger partial charge in [0, 0.05) is 17.8 Å². The normalized spacial score (nSPS) is 11.2. The Bertz CT molecular complexity index is 666. The predicted molar refractivity (Wildman–Crippen MR) is 74.5 cm³/mol. The Hall–Kier alpha value is -3.03. The third-order valence-electron chi connectivity index (χ3n) is 2.47. The van der Waals surface area contributed by atoms with Gasteiger partial charge in [0.2, 0.25) is 0 Å². The molecule has 0 bridgehead atoms. The number of rotatable bonds is 5. The summed E-state index contributed by atoms with van der Waals surface area (Å²) in [4.78, 5) is 11.9. The summed E-state index contributed by atoms with van der Waals surface area (Å²) in [6.45, 7) is 1.64. The fraction of sp³-hybridized carbons (Fsp3) is 0.154. The molecule has 21 heavy (non-hydrogen) atoms. The van der Waals surface area contributed by atoms with Crippen LogP contribution in [-0.2, 0) is 0 Å². The summed E-state index contributed by atoms with van der Waals surface area (Å²) < 4.78 is 10.1. The van der Waals surface area contributed by atoms with E-state index in [1.165, 1.54) is 6.07 Å². The molecule has 0 aliphatic rings. The van der Waals surface area contributed by atoms with E-state index in [1.807, 2.05) is 0 Å². The molecule has 1 amide bonds. The molecule has 0 fully saturated rings. The van der Waals surface area contributed by atoms with Crippen LogP contribution in [-0.4, -0.2) is 28.7 Å². The van der Waals surface area contributed by atoms with Crippen LogP contribution in [0.1, 0.15) is 16.2 Å². The van der Waals surface area contributed by atoms with Crippen LogP contribution in [0.5, 0.6) is 5.75 Å². The molecule has 110 valence electrons. The van der Waals surface area contributed by atoms with Crippen molar-refractivity contribution in [2.24, 2.45) is 10.9 Å². The molecule has 0 atom stereocenters. The predicted octanol–water partition coefficient (Wildman–Crippen LogP) is 1.36. The second-order valence-electron chi connectivity index (χ2n) is 4.18. The molecule has 2 aromatic rings. The maximum absolute atomic E-state index is 11.9. The van der Waals surface area contributed by atoms with Crippen LogP contribution in [0.2, 0.25) is 0 Å². The Morgan fingerprint density at radius 1 is 1.52 bits per heavy atom. The van der Waals surface area contributed by atoms with Gasteiger partial charge in [-0.15, -0.1) is 0 Å². The van der Waals surface area contributed by atoms with Crippen LogP contribution in [0, 0.1) is 6.92 Å². The minimum absolute atomic E-state index is 0.0532. The van der Waals surface area contributed by atoms with Gasteiger partial charge in [0.05, 0.1) is 0 Å². The highest BCUT2D eigenvalue weighted by Gasteiger charge is 2.11. The van der Waals surface area contributed by atoms with Crippen molar-refractivity contribution in [3.05, 3.63) is 41.8 Å². The standard InChI is InChI=1S/C13H14N4O4/c1-8-5-11(17-21-8)13(18)15-9-3-2-4-10(6-9)20-7-12(14)16-19/h2-6,19H,7H2,1H3,(H2,14,16)(H,15,18). The Morgan fingerprint density at radius 3 is 3.00 bits per heavy atom. The van der Waals surface area contributed by atoms with E-state index >= 15 is 0 Å². The second-order valence-corrected chi connectivity index (χ2v) is 4.18. The summed E-state index contributed by atoms with van der Waals surface area (Å²) in [5, 5.41) is 17.5. The number of amidine groups is 1. The van der Waals surface area contributed by atoms with Crippen molar-refractivity contribution in [2.45, 2.75) is 6.92 Å². The SMILES string of the molecule is Cc1cc(C(=O)Nc2cccc(OCC(N)=NO)c2)no1. The molecule has 0 aliphatic heterocycles. The van der Waals surface area contributed by atoms with Crippen molar-refractivity contribution in [2.75, 3.05) is 11.9 Å². The number of aromatic nitrogens is 1. The van der Waals surface area contributed by atoms with Gasteiger partial charge in [0.1, 0.15) is 18.1 Å². The Kier molecular flexibility index (Phi) is 4.39. The zero-order valence-corrected chi connectivity index (χ0v) is 11.2. The third kappa shape index (κ3) is 3.96. The van der Waals surface area contributed by atoms with Gasteiger partial charge in [-0.05, 0) is 19.1 Å². The van der Waals surface area contributed by atoms with Crippen molar-refractivity contribution in [1.82, 2.24) is 5.16 Å². The molecule has 8 heteroatoms. The van der Waals surface area contributed by atoms with Crippen LogP contribution in [0.4, 0.5) is 5.69 Å². The van der Waals surface area contributed by atoms with Gasteiger partial charge in [0.15, 0.2) is 11.5 Å². The van der Waals surface area contributed by atoms with Crippen molar-refractivity contribution in [1.29, 1.82) is 0 Å². The maximum atomic E-state index is 11.9. The first-order valence-electron chi connectivity index (χ1n) is 6.02. The van der Waals surface area contributed by atoms with E-state index in [2.05, 4.69) is 15.6 Å². The number of nitrogens with one attached hydrogen (secondary N) is 1. The van der Waals surface area contributed by atoms with Gasteiger partial charge in [-0.1, -0.05) is 16.4 Å². The lowest BCUT2D eigenvalue weighted by Gasteiger charge is -2.07. The minimum atomic E-state index is -0.388. The molecular weight excluding hydrogens is 276 g/mol. The van der Waals surface area contributed by atoms with Crippen LogP contribution >= 0.6 is 0 Å². The largest absolute Gasteiger partial charge is 0.485 e. The van der Waals surface area contributed by atoms with E-state index in [-0.39, 0.29) is 24.0 Å². The maximum Gasteiger partial charge on any atom is 0.277 e. The lowest BCUT2D eigenvalue weighted by molar-refractivity contribution is 0.101. The number of oxime groups is 1. The first-order valence-corrected chi connectivity index (χ1v) is 6.02.